The Bertz CT molecular complexity index is 710. The van der Waals surface area contributed by atoms with Crippen LogP contribution < -0.4 is 4.90 Å². The number of benzene rings is 1. The summed E-state index contributed by atoms with van der Waals surface area (Å²) in [7, 11) is 4.03. The van der Waals surface area contributed by atoms with E-state index in [0.717, 1.165) is 36.5 Å². The maximum absolute atomic E-state index is 5.66. The van der Waals surface area contributed by atoms with Crippen molar-refractivity contribution in [1.82, 2.24) is 14.9 Å². The van der Waals surface area contributed by atoms with Gasteiger partial charge in [0.2, 0.25) is 4.77 Å². The van der Waals surface area contributed by atoms with Gasteiger partial charge in [-0.05, 0) is 42.8 Å². The van der Waals surface area contributed by atoms with Crippen LogP contribution in [0, 0.1) is 4.77 Å². The van der Waals surface area contributed by atoms with Crippen LogP contribution in [-0.2, 0) is 4.74 Å². The van der Waals surface area contributed by atoms with E-state index in [1.54, 1.807) is 10.9 Å². The molecule has 1 aliphatic rings. The van der Waals surface area contributed by atoms with Crippen LogP contribution in [0.15, 0.2) is 29.4 Å². The molecule has 1 fully saturated rings. The zero-order valence-corrected chi connectivity index (χ0v) is 13.5. The van der Waals surface area contributed by atoms with E-state index in [4.69, 9.17) is 17.0 Å². The molecule has 0 saturated carbocycles. The van der Waals surface area contributed by atoms with Gasteiger partial charge in [-0.2, -0.15) is 14.9 Å². The molecule has 2 heterocycles. The summed E-state index contributed by atoms with van der Waals surface area (Å²) in [6, 6.07) is 8.15. The molecule has 0 radical (unpaired) electrons. The van der Waals surface area contributed by atoms with Gasteiger partial charge in [0, 0.05) is 26.4 Å². The summed E-state index contributed by atoms with van der Waals surface area (Å²) < 4.78 is 7.78. The highest BCUT2D eigenvalue weighted by Gasteiger charge is 2.23. The predicted octanol–water partition coefficient (Wildman–Crippen LogP) is 2.74. The van der Waals surface area contributed by atoms with Crippen molar-refractivity contribution >= 4 is 24.1 Å². The number of ether oxygens (including phenoxy) is 1. The molecule has 1 aliphatic heterocycles. The van der Waals surface area contributed by atoms with E-state index in [2.05, 4.69) is 32.3 Å². The average molecular weight is 317 g/mol. The molecule has 116 valence electrons. The number of hydrogen-bond donors (Lipinski definition) is 1. The van der Waals surface area contributed by atoms with E-state index in [9.17, 15) is 0 Å². The third-order valence-corrected chi connectivity index (χ3v) is 3.89. The van der Waals surface area contributed by atoms with Gasteiger partial charge in [-0.25, -0.2) is 0 Å². The topological polar surface area (TPSA) is 58.4 Å². The van der Waals surface area contributed by atoms with Crippen LogP contribution in [0.2, 0.25) is 0 Å². The molecule has 1 N–H and O–H groups in total. The summed E-state index contributed by atoms with van der Waals surface area (Å²) in [5, 5.41) is 11.5. The van der Waals surface area contributed by atoms with E-state index in [1.807, 2.05) is 26.2 Å². The third kappa shape index (κ3) is 3.10. The third-order valence-electron chi connectivity index (χ3n) is 3.62. The smallest absolute Gasteiger partial charge is 0.216 e. The van der Waals surface area contributed by atoms with E-state index >= 15 is 0 Å². The number of aromatic nitrogens is 3. The molecule has 2 aromatic rings. The lowest BCUT2D eigenvalue weighted by atomic mass is 10.2. The summed E-state index contributed by atoms with van der Waals surface area (Å²) in [6.45, 7) is 0.764. The fraction of sp³-hybridized carbons (Fsp3) is 0.400. The van der Waals surface area contributed by atoms with Crippen LogP contribution in [0.25, 0.3) is 0 Å². The van der Waals surface area contributed by atoms with E-state index < -0.39 is 0 Å². The lowest BCUT2D eigenvalue weighted by Gasteiger charge is -2.11. The molecule has 0 spiro atoms. The highest BCUT2D eigenvalue weighted by Crippen LogP contribution is 2.26. The van der Waals surface area contributed by atoms with Crippen molar-refractivity contribution in [3.8, 4) is 0 Å². The Hall–Kier alpha value is -1.99. The summed E-state index contributed by atoms with van der Waals surface area (Å²) >= 11 is 5.25. The zero-order valence-electron chi connectivity index (χ0n) is 12.7. The van der Waals surface area contributed by atoms with Gasteiger partial charge in [0.15, 0.2) is 5.82 Å². The Morgan fingerprint density at radius 1 is 1.41 bits per heavy atom. The van der Waals surface area contributed by atoms with E-state index in [0.29, 0.717) is 4.77 Å². The lowest BCUT2D eigenvalue weighted by Crippen LogP contribution is -2.08. The Kier molecular flexibility index (Phi) is 4.35. The van der Waals surface area contributed by atoms with Gasteiger partial charge in [-0.3, -0.25) is 5.10 Å². The highest BCUT2D eigenvalue weighted by molar-refractivity contribution is 7.71. The van der Waals surface area contributed by atoms with E-state index in [1.165, 1.54) is 0 Å². The first-order valence-electron chi connectivity index (χ1n) is 7.26. The highest BCUT2D eigenvalue weighted by atomic mass is 32.1. The minimum Gasteiger partial charge on any atom is -0.378 e. The summed E-state index contributed by atoms with van der Waals surface area (Å²) in [5.74, 6) is 0.740. The van der Waals surface area contributed by atoms with Crippen LogP contribution >= 0.6 is 12.2 Å². The van der Waals surface area contributed by atoms with Crippen molar-refractivity contribution in [2.45, 2.75) is 18.9 Å². The average Bonchev–Trinajstić information content (AvgIpc) is 3.15. The molecular formula is C15H19N5OS. The second kappa shape index (κ2) is 6.41. The maximum atomic E-state index is 5.66. The van der Waals surface area contributed by atoms with Crippen LogP contribution in [0.1, 0.15) is 30.3 Å². The number of H-pyrrole nitrogens is 1. The second-order valence-corrected chi connectivity index (χ2v) is 5.82. The molecule has 0 bridgehead atoms. The number of rotatable bonds is 4. The van der Waals surface area contributed by atoms with Crippen molar-refractivity contribution in [1.29, 1.82) is 0 Å². The Balaban J connectivity index is 1.83. The van der Waals surface area contributed by atoms with Gasteiger partial charge in [-0.1, -0.05) is 12.1 Å². The SMILES string of the molecule is CN(C)c1ccc(/C=N\n2c([C@@H]3CCCO3)n[nH]c2=S)cc1. The number of nitrogens with zero attached hydrogens (tertiary/aromatic N) is 4. The van der Waals surface area contributed by atoms with Gasteiger partial charge < -0.3 is 9.64 Å². The normalized spacial score (nSPS) is 18.2. The molecule has 1 saturated heterocycles. The first kappa shape index (κ1) is 14.9. The number of aromatic amines is 1. The predicted molar refractivity (Wildman–Crippen MR) is 89.1 cm³/mol. The van der Waals surface area contributed by atoms with Crippen LogP contribution in [0.3, 0.4) is 0 Å². The van der Waals surface area contributed by atoms with Gasteiger partial charge in [0.25, 0.3) is 0 Å². The summed E-state index contributed by atoms with van der Waals surface area (Å²) in [5.41, 5.74) is 2.16. The summed E-state index contributed by atoms with van der Waals surface area (Å²) in [6.07, 6.45) is 3.75. The molecule has 3 rings (SSSR count). The number of hydrogen-bond acceptors (Lipinski definition) is 5. The van der Waals surface area contributed by atoms with Crippen molar-refractivity contribution in [2.75, 3.05) is 25.6 Å². The fourth-order valence-electron chi connectivity index (χ4n) is 2.39. The lowest BCUT2D eigenvalue weighted by molar-refractivity contribution is 0.102. The van der Waals surface area contributed by atoms with Gasteiger partial charge in [0.05, 0.1) is 6.21 Å². The first-order chi connectivity index (χ1) is 10.6. The second-order valence-electron chi connectivity index (χ2n) is 5.43. The molecule has 1 aromatic carbocycles. The number of anilines is 1. The summed E-state index contributed by atoms with van der Waals surface area (Å²) in [4.78, 5) is 2.06. The maximum Gasteiger partial charge on any atom is 0.216 e. The largest absolute Gasteiger partial charge is 0.378 e. The van der Waals surface area contributed by atoms with Gasteiger partial charge in [0.1, 0.15) is 6.10 Å². The van der Waals surface area contributed by atoms with Crippen molar-refractivity contribution in [3.63, 3.8) is 0 Å². The van der Waals surface area contributed by atoms with E-state index in [-0.39, 0.29) is 6.10 Å². The Morgan fingerprint density at radius 3 is 2.82 bits per heavy atom. The minimum absolute atomic E-state index is 0.0267. The van der Waals surface area contributed by atoms with Crippen molar-refractivity contribution < 1.29 is 4.74 Å². The van der Waals surface area contributed by atoms with Crippen molar-refractivity contribution in [3.05, 3.63) is 40.4 Å². The molecule has 0 aliphatic carbocycles. The number of nitrogens with one attached hydrogen (secondary N) is 1. The van der Waals surface area contributed by atoms with Crippen molar-refractivity contribution in [2.24, 2.45) is 5.10 Å². The van der Waals surface area contributed by atoms with Crippen LogP contribution in [0.5, 0.6) is 0 Å². The first-order valence-corrected chi connectivity index (χ1v) is 7.66. The fourth-order valence-corrected chi connectivity index (χ4v) is 2.57. The Labute approximate surface area is 134 Å². The molecule has 0 unspecified atom stereocenters. The quantitative estimate of drug-likeness (QED) is 0.696. The molecular weight excluding hydrogens is 298 g/mol. The van der Waals surface area contributed by atoms with Crippen LogP contribution in [0.4, 0.5) is 5.69 Å². The molecule has 1 aromatic heterocycles. The molecule has 1 atom stereocenters. The minimum atomic E-state index is -0.0267. The van der Waals surface area contributed by atoms with Gasteiger partial charge >= 0.3 is 0 Å². The van der Waals surface area contributed by atoms with Gasteiger partial charge in [-0.15, -0.1) is 0 Å². The standard InChI is InChI=1S/C15H19N5OS/c1-19(2)12-7-5-11(6-8-12)10-16-20-14(17-18-15(20)22)13-4-3-9-21-13/h5-8,10,13H,3-4,9H2,1-2H3,(H,18,22)/b16-10-/t13-/m0/s1. The monoisotopic (exact) mass is 317 g/mol. The molecule has 6 nitrogen and oxygen atoms in total. The molecule has 7 heteroatoms. The van der Waals surface area contributed by atoms with Crippen LogP contribution in [-0.4, -0.2) is 41.8 Å². The molecule has 22 heavy (non-hydrogen) atoms. The zero-order chi connectivity index (χ0) is 15.5. The Morgan fingerprint density at radius 2 is 2.18 bits per heavy atom. The molecule has 0 amide bonds.